The van der Waals surface area contributed by atoms with E-state index >= 15 is 0 Å². The number of benzene rings is 1. The third kappa shape index (κ3) is 4.14. The summed E-state index contributed by atoms with van der Waals surface area (Å²) in [7, 11) is 0. The molecule has 1 aliphatic carbocycles. The number of rotatable bonds is 6. The molecule has 0 atom stereocenters. The van der Waals surface area contributed by atoms with E-state index in [-0.39, 0.29) is 18.2 Å². The van der Waals surface area contributed by atoms with Crippen LogP contribution in [0.4, 0.5) is 0 Å². The van der Waals surface area contributed by atoms with Gasteiger partial charge in [-0.15, -0.1) is 0 Å². The summed E-state index contributed by atoms with van der Waals surface area (Å²) in [6.07, 6.45) is 6.57. The highest BCUT2D eigenvalue weighted by Gasteiger charge is 2.21. The minimum atomic E-state index is -0.163. The van der Waals surface area contributed by atoms with Crippen LogP contribution in [-0.2, 0) is 4.79 Å². The summed E-state index contributed by atoms with van der Waals surface area (Å²) in [4.78, 5) is 25.4. The van der Waals surface area contributed by atoms with Gasteiger partial charge < -0.3 is 9.88 Å². The first kappa shape index (κ1) is 20.6. The molecule has 28 heavy (non-hydrogen) atoms. The lowest BCUT2D eigenvalue weighted by Gasteiger charge is -2.18. The van der Waals surface area contributed by atoms with Crippen molar-refractivity contribution in [1.29, 1.82) is 0 Å². The lowest BCUT2D eigenvalue weighted by Crippen LogP contribution is -2.29. The van der Waals surface area contributed by atoms with Crippen LogP contribution in [0.2, 0.25) is 0 Å². The molecule has 0 saturated carbocycles. The SMILES string of the molecule is CCCC1=CC(C)=C(CNC(=O)c2cc(Br)cc3c2ccn3C(C)C)C(=O)C1. The molecule has 148 valence electrons. The average Bonchev–Trinajstić information content (AvgIpc) is 3.04. The monoisotopic (exact) mass is 442 g/mol. The molecule has 1 N–H and O–H groups in total. The largest absolute Gasteiger partial charge is 0.348 e. The van der Waals surface area contributed by atoms with Crippen molar-refractivity contribution in [2.75, 3.05) is 6.54 Å². The van der Waals surface area contributed by atoms with Crippen LogP contribution >= 0.6 is 15.9 Å². The van der Waals surface area contributed by atoms with E-state index in [0.29, 0.717) is 23.6 Å². The first-order valence-electron chi connectivity index (χ1n) is 9.82. The minimum Gasteiger partial charge on any atom is -0.348 e. The maximum atomic E-state index is 12.9. The Morgan fingerprint density at radius 2 is 2.07 bits per heavy atom. The van der Waals surface area contributed by atoms with Gasteiger partial charge in [0.1, 0.15) is 0 Å². The Balaban J connectivity index is 1.84. The molecule has 5 heteroatoms. The Morgan fingerprint density at radius 1 is 1.32 bits per heavy atom. The Kier molecular flexibility index (Phi) is 6.23. The van der Waals surface area contributed by atoms with E-state index in [1.807, 2.05) is 31.3 Å². The molecule has 1 aromatic heterocycles. The summed E-state index contributed by atoms with van der Waals surface area (Å²) in [5.74, 6) is -0.0432. The van der Waals surface area contributed by atoms with Crippen LogP contribution in [-0.4, -0.2) is 22.8 Å². The number of fused-ring (bicyclic) bond motifs is 1. The number of Topliss-reactive ketones (excluding diaryl/α,β-unsaturated/α-hetero) is 1. The summed E-state index contributed by atoms with van der Waals surface area (Å²) < 4.78 is 3.01. The van der Waals surface area contributed by atoms with Gasteiger partial charge in [0.05, 0.1) is 5.52 Å². The van der Waals surface area contributed by atoms with E-state index in [4.69, 9.17) is 0 Å². The van der Waals surface area contributed by atoms with Crippen molar-refractivity contribution in [1.82, 2.24) is 9.88 Å². The quantitative estimate of drug-likeness (QED) is 0.620. The summed E-state index contributed by atoms with van der Waals surface area (Å²) in [5.41, 5.74) is 4.49. The fourth-order valence-electron chi connectivity index (χ4n) is 3.83. The molecule has 1 heterocycles. The van der Waals surface area contributed by atoms with Gasteiger partial charge in [-0.05, 0) is 51.0 Å². The summed E-state index contributed by atoms with van der Waals surface area (Å²) in [6, 6.07) is 6.15. The van der Waals surface area contributed by atoms with Gasteiger partial charge in [0.2, 0.25) is 0 Å². The number of hydrogen-bond acceptors (Lipinski definition) is 2. The molecule has 1 aromatic carbocycles. The number of ketones is 1. The molecule has 3 rings (SSSR count). The summed E-state index contributed by atoms with van der Waals surface area (Å²) in [6.45, 7) is 8.56. The van der Waals surface area contributed by atoms with E-state index in [9.17, 15) is 9.59 Å². The third-order valence-electron chi connectivity index (χ3n) is 5.22. The van der Waals surface area contributed by atoms with Crippen LogP contribution in [0.15, 0.2) is 51.7 Å². The predicted molar refractivity (Wildman–Crippen MR) is 118 cm³/mol. The maximum absolute atomic E-state index is 12.9. The zero-order valence-corrected chi connectivity index (χ0v) is 18.5. The predicted octanol–water partition coefficient (Wildman–Crippen LogP) is 5.73. The van der Waals surface area contributed by atoms with Gasteiger partial charge in [0.15, 0.2) is 5.78 Å². The van der Waals surface area contributed by atoms with Crippen LogP contribution in [0, 0.1) is 0 Å². The van der Waals surface area contributed by atoms with E-state index < -0.39 is 0 Å². The molecule has 0 unspecified atom stereocenters. The fraction of sp³-hybridized carbons (Fsp3) is 0.391. The van der Waals surface area contributed by atoms with Crippen molar-refractivity contribution < 1.29 is 9.59 Å². The molecule has 0 spiro atoms. The van der Waals surface area contributed by atoms with Crippen LogP contribution in [0.1, 0.15) is 63.4 Å². The number of nitrogens with zero attached hydrogens (tertiary/aromatic N) is 1. The molecule has 0 saturated heterocycles. The van der Waals surface area contributed by atoms with Gasteiger partial charge >= 0.3 is 0 Å². The standard InChI is InChI=1S/C23H27BrN2O2/c1-5-6-16-9-15(4)20(22(27)10-16)13-25-23(28)19-11-17(24)12-21-18(19)7-8-26(21)14(2)3/h7-9,11-12,14H,5-6,10,13H2,1-4H3,(H,25,28). The van der Waals surface area contributed by atoms with Crippen molar-refractivity contribution in [3.8, 4) is 0 Å². The van der Waals surface area contributed by atoms with E-state index in [1.54, 1.807) is 0 Å². The summed E-state index contributed by atoms with van der Waals surface area (Å²) in [5, 5.41) is 3.87. The normalized spacial score (nSPS) is 14.8. The van der Waals surface area contributed by atoms with Gasteiger partial charge in [0, 0.05) is 46.2 Å². The summed E-state index contributed by atoms with van der Waals surface area (Å²) >= 11 is 3.52. The number of nitrogens with one attached hydrogen (secondary N) is 1. The molecule has 2 aromatic rings. The Labute approximate surface area is 174 Å². The molecular weight excluding hydrogens is 416 g/mol. The lowest BCUT2D eigenvalue weighted by molar-refractivity contribution is -0.115. The Bertz CT molecular complexity index is 995. The highest BCUT2D eigenvalue weighted by atomic mass is 79.9. The minimum absolute atomic E-state index is 0.120. The molecular formula is C23H27BrN2O2. The number of halogens is 1. The highest BCUT2D eigenvalue weighted by Crippen LogP contribution is 2.28. The van der Waals surface area contributed by atoms with E-state index in [1.165, 1.54) is 5.57 Å². The van der Waals surface area contributed by atoms with Crippen LogP contribution in [0.3, 0.4) is 0 Å². The first-order valence-corrected chi connectivity index (χ1v) is 10.6. The highest BCUT2D eigenvalue weighted by molar-refractivity contribution is 9.10. The zero-order valence-electron chi connectivity index (χ0n) is 16.9. The van der Waals surface area contributed by atoms with Crippen LogP contribution in [0.5, 0.6) is 0 Å². The average molecular weight is 443 g/mol. The van der Waals surface area contributed by atoms with Crippen molar-refractivity contribution in [2.24, 2.45) is 0 Å². The molecule has 1 amide bonds. The number of carbonyl (C=O) groups excluding carboxylic acids is 2. The number of carbonyl (C=O) groups is 2. The lowest BCUT2D eigenvalue weighted by atomic mass is 9.90. The first-order chi connectivity index (χ1) is 13.3. The topological polar surface area (TPSA) is 51.1 Å². The third-order valence-corrected chi connectivity index (χ3v) is 5.68. The van der Waals surface area contributed by atoms with Crippen molar-refractivity contribution in [3.63, 3.8) is 0 Å². The molecule has 1 aliphatic rings. The molecule has 0 aliphatic heterocycles. The van der Waals surface area contributed by atoms with Gasteiger partial charge in [0.25, 0.3) is 5.91 Å². The number of hydrogen-bond donors (Lipinski definition) is 1. The second kappa shape index (κ2) is 8.48. The van der Waals surface area contributed by atoms with E-state index in [0.717, 1.165) is 33.8 Å². The fourth-order valence-corrected chi connectivity index (χ4v) is 4.27. The molecule has 0 fully saturated rings. The Hall–Kier alpha value is -2.14. The second-order valence-electron chi connectivity index (χ2n) is 7.70. The number of amides is 1. The molecule has 0 bridgehead atoms. The van der Waals surface area contributed by atoms with Crippen LogP contribution in [0.25, 0.3) is 10.9 Å². The molecule has 4 nitrogen and oxygen atoms in total. The smallest absolute Gasteiger partial charge is 0.252 e. The van der Waals surface area contributed by atoms with Gasteiger partial charge in [-0.3, -0.25) is 9.59 Å². The van der Waals surface area contributed by atoms with Crippen LogP contribution < -0.4 is 5.32 Å². The second-order valence-corrected chi connectivity index (χ2v) is 8.62. The van der Waals surface area contributed by atoms with Crippen molar-refractivity contribution >= 4 is 38.5 Å². The zero-order chi connectivity index (χ0) is 20.4. The Morgan fingerprint density at radius 3 is 2.71 bits per heavy atom. The number of allylic oxidation sites excluding steroid dienone is 3. The van der Waals surface area contributed by atoms with Gasteiger partial charge in [-0.2, -0.15) is 0 Å². The van der Waals surface area contributed by atoms with E-state index in [2.05, 4.69) is 52.7 Å². The molecule has 0 radical (unpaired) electrons. The van der Waals surface area contributed by atoms with Crippen molar-refractivity contribution in [3.05, 3.63) is 57.2 Å². The maximum Gasteiger partial charge on any atom is 0.252 e. The van der Waals surface area contributed by atoms with Gasteiger partial charge in [-0.25, -0.2) is 0 Å². The van der Waals surface area contributed by atoms with Crippen molar-refractivity contribution in [2.45, 2.75) is 53.0 Å². The van der Waals surface area contributed by atoms with Gasteiger partial charge in [-0.1, -0.05) is 40.9 Å². The number of aromatic nitrogens is 1.